The maximum Gasteiger partial charge on any atom is 0.220 e. The van der Waals surface area contributed by atoms with Crippen LogP contribution in [-0.2, 0) is 4.79 Å². The van der Waals surface area contributed by atoms with Crippen molar-refractivity contribution in [3.05, 3.63) is 29.3 Å². The molecule has 0 aliphatic carbocycles. The molecule has 0 aromatic heterocycles. The Balaban J connectivity index is 2.24. The number of aliphatic hydroxyl groups excluding tert-OH is 1. The van der Waals surface area contributed by atoms with Gasteiger partial charge < -0.3 is 15.7 Å². The van der Waals surface area contributed by atoms with Gasteiger partial charge in [-0.15, -0.1) is 0 Å². The van der Waals surface area contributed by atoms with Gasteiger partial charge >= 0.3 is 0 Å². The van der Waals surface area contributed by atoms with Crippen LogP contribution in [0.2, 0.25) is 0 Å². The minimum atomic E-state index is -0.591. The third-order valence-corrected chi connectivity index (χ3v) is 3.85. The molecule has 1 aliphatic rings. The van der Waals surface area contributed by atoms with E-state index in [1.54, 1.807) is 25.1 Å². The molecule has 1 aromatic carbocycles. The molecule has 1 amide bonds. The zero-order chi connectivity index (χ0) is 14.7. The molecule has 2 rings (SSSR count). The van der Waals surface area contributed by atoms with E-state index in [9.17, 15) is 9.90 Å². The van der Waals surface area contributed by atoms with Crippen molar-refractivity contribution in [1.29, 1.82) is 5.26 Å². The Morgan fingerprint density at radius 1 is 1.50 bits per heavy atom. The first-order chi connectivity index (χ1) is 9.52. The number of aliphatic hydroxyl groups is 1. The molecule has 0 bridgehead atoms. The summed E-state index contributed by atoms with van der Waals surface area (Å²) in [4.78, 5) is 13.3. The minimum Gasteiger partial charge on any atom is -0.389 e. The van der Waals surface area contributed by atoms with E-state index in [-0.39, 0.29) is 11.8 Å². The van der Waals surface area contributed by atoms with E-state index in [4.69, 9.17) is 11.0 Å². The summed E-state index contributed by atoms with van der Waals surface area (Å²) in [7, 11) is 0. The fourth-order valence-electron chi connectivity index (χ4n) is 2.65. The van der Waals surface area contributed by atoms with Crippen LogP contribution in [-0.4, -0.2) is 24.1 Å². The predicted octanol–water partition coefficient (Wildman–Crippen LogP) is 1.31. The third kappa shape index (κ3) is 2.91. The Kier molecular flexibility index (Phi) is 4.26. The standard InChI is InChI=1S/C15H19N3O2/c1-10(19)13-3-2-11(9-16)8-14(13)18-6-4-12(5-7-18)15(17)20/h2-3,8,10,12,19H,4-7H2,1H3,(H2,17,20)/t10-/m0/s1. The lowest BCUT2D eigenvalue weighted by Gasteiger charge is -2.34. The monoisotopic (exact) mass is 273 g/mol. The molecular formula is C15H19N3O2. The fraction of sp³-hybridized carbons (Fsp3) is 0.467. The van der Waals surface area contributed by atoms with E-state index in [1.807, 2.05) is 0 Å². The normalized spacial score (nSPS) is 17.6. The van der Waals surface area contributed by atoms with Crippen LogP contribution in [0.5, 0.6) is 0 Å². The van der Waals surface area contributed by atoms with Gasteiger partial charge in [-0.05, 0) is 31.9 Å². The molecule has 5 heteroatoms. The van der Waals surface area contributed by atoms with Crippen LogP contribution in [0, 0.1) is 17.2 Å². The molecule has 0 spiro atoms. The predicted molar refractivity (Wildman–Crippen MR) is 75.9 cm³/mol. The summed E-state index contributed by atoms with van der Waals surface area (Å²) in [6.45, 7) is 3.13. The van der Waals surface area contributed by atoms with Gasteiger partial charge in [-0.2, -0.15) is 5.26 Å². The van der Waals surface area contributed by atoms with Crippen LogP contribution in [0.3, 0.4) is 0 Å². The molecule has 1 aliphatic heterocycles. The molecule has 1 aromatic rings. The molecule has 0 radical (unpaired) electrons. The van der Waals surface area contributed by atoms with Crippen LogP contribution in [0.15, 0.2) is 18.2 Å². The summed E-state index contributed by atoms with van der Waals surface area (Å²) in [5, 5.41) is 18.9. The van der Waals surface area contributed by atoms with Crippen LogP contribution in [0.1, 0.15) is 37.0 Å². The number of hydrogen-bond acceptors (Lipinski definition) is 4. The highest BCUT2D eigenvalue weighted by molar-refractivity contribution is 5.77. The number of nitrogens with two attached hydrogens (primary N) is 1. The molecule has 5 nitrogen and oxygen atoms in total. The van der Waals surface area contributed by atoms with Gasteiger partial charge in [-0.1, -0.05) is 6.07 Å². The van der Waals surface area contributed by atoms with Gasteiger partial charge in [0.05, 0.1) is 17.7 Å². The average Bonchev–Trinajstić information content (AvgIpc) is 2.46. The SMILES string of the molecule is C[C@H](O)c1ccc(C#N)cc1N1CCC(C(N)=O)CC1. The second kappa shape index (κ2) is 5.93. The molecule has 1 heterocycles. The summed E-state index contributed by atoms with van der Waals surface area (Å²) in [6.07, 6.45) is 0.836. The lowest BCUT2D eigenvalue weighted by molar-refractivity contribution is -0.122. The van der Waals surface area contributed by atoms with Gasteiger partial charge in [0, 0.05) is 30.3 Å². The number of hydrogen-bond donors (Lipinski definition) is 2. The lowest BCUT2D eigenvalue weighted by atomic mass is 9.94. The molecule has 1 saturated heterocycles. The highest BCUT2D eigenvalue weighted by Gasteiger charge is 2.25. The molecule has 1 fully saturated rings. The van der Waals surface area contributed by atoms with Gasteiger partial charge in [0.15, 0.2) is 0 Å². The molecule has 1 atom stereocenters. The van der Waals surface area contributed by atoms with Crippen molar-refractivity contribution >= 4 is 11.6 Å². The maximum absolute atomic E-state index is 11.2. The van der Waals surface area contributed by atoms with Crippen molar-refractivity contribution in [2.24, 2.45) is 11.7 Å². The van der Waals surface area contributed by atoms with E-state index in [0.717, 1.165) is 11.3 Å². The number of piperidine rings is 1. The fourth-order valence-corrected chi connectivity index (χ4v) is 2.65. The van der Waals surface area contributed by atoms with Crippen LogP contribution >= 0.6 is 0 Å². The van der Waals surface area contributed by atoms with E-state index < -0.39 is 6.10 Å². The number of nitriles is 1. The summed E-state index contributed by atoms with van der Waals surface area (Å²) in [5.74, 6) is -0.313. The topological polar surface area (TPSA) is 90.3 Å². The first-order valence-corrected chi connectivity index (χ1v) is 6.79. The van der Waals surface area contributed by atoms with Crippen molar-refractivity contribution in [2.75, 3.05) is 18.0 Å². The molecule has 106 valence electrons. The first kappa shape index (κ1) is 14.4. The van der Waals surface area contributed by atoms with Gasteiger partial charge in [-0.3, -0.25) is 4.79 Å². The van der Waals surface area contributed by atoms with Gasteiger partial charge in [0.2, 0.25) is 5.91 Å². The second-order valence-electron chi connectivity index (χ2n) is 5.23. The maximum atomic E-state index is 11.2. The number of primary amides is 1. The smallest absolute Gasteiger partial charge is 0.220 e. The average molecular weight is 273 g/mol. The van der Waals surface area contributed by atoms with Crippen molar-refractivity contribution < 1.29 is 9.90 Å². The number of anilines is 1. The second-order valence-corrected chi connectivity index (χ2v) is 5.23. The Hall–Kier alpha value is -2.06. The zero-order valence-electron chi connectivity index (χ0n) is 11.5. The number of benzene rings is 1. The summed E-state index contributed by atoms with van der Waals surface area (Å²) in [5.41, 5.74) is 7.59. The van der Waals surface area contributed by atoms with Crippen molar-refractivity contribution in [2.45, 2.75) is 25.9 Å². The Labute approximate surface area is 118 Å². The Bertz CT molecular complexity index is 541. The molecule has 0 saturated carbocycles. The Morgan fingerprint density at radius 3 is 2.65 bits per heavy atom. The summed E-state index contributed by atoms with van der Waals surface area (Å²) >= 11 is 0. The van der Waals surface area contributed by atoms with Gasteiger partial charge in [-0.25, -0.2) is 0 Å². The number of nitrogens with zero attached hydrogens (tertiary/aromatic N) is 2. The quantitative estimate of drug-likeness (QED) is 0.868. The van der Waals surface area contributed by atoms with Gasteiger partial charge in [0.1, 0.15) is 0 Å². The molecular weight excluding hydrogens is 254 g/mol. The van der Waals surface area contributed by atoms with Crippen molar-refractivity contribution in [1.82, 2.24) is 0 Å². The van der Waals surface area contributed by atoms with Crippen LogP contribution in [0.25, 0.3) is 0 Å². The largest absolute Gasteiger partial charge is 0.389 e. The summed E-state index contributed by atoms with van der Waals surface area (Å²) in [6, 6.07) is 7.42. The van der Waals surface area contributed by atoms with E-state index in [0.29, 0.717) is 31.5 Å². The van der Waals surface area contributed by atoms with Crippen molar-refractivity contribution in [3.8, 4) is 6.07 Å². The molecule has 0 unspecified atom stereocenters. The number of rotatable bonds is 3. The molecule has 3 N–H and O–H groups in total. The number of carbonyl (C=O) groups excluding carboxylic acids is 1. The van der Waals surface area contributed by atoms with E-state index >= 15 is 0 Å². The molecule has 20 heavy (non-hydrogen) atoms. The lowest BCUT2D eigenvalue weighted by Crippen LogP contribution is -2.39. The Morgan fingerprint density at radius 2 is 2.15 bits per heavy atom. The third-order valence-electron chi connectivity index (χ3n) is 3.85. The van der Waals surface area contributed by atoms with Crippen molar-refractivity contribution in [3.63, 3.8) is 0 Å². The highest BCUT2D eigenvalue weighted by atomic mass is 16.3. The highest BCUT2D eigenvalue weighted by Crippen LogP contribution is 2.30. The summed E-state index contributed by atoms with van der Waals surface area (Å²) < 4.78 is 0. The minimum absolute atomic E-state index is 0.0691. The van der Waals surface area contributed by atoms with Gasteiger partial charge in [0.25, 0.3) is 0 Å². The van der Waals surface area contributed by atoms with E-state index in [1.165, 1.54) is 0 Å². The number of amides is 1. The van der Waals surface area contributed by atoms with Crippen LogP contribution < -0.4 is 10.6 Å². The number of carbonyl (C=O) groups is 1. The zero-order valence-corrected chi connectivity index (χ0v) is 11.5. The first-order valence-electron chi connectivity index (χ1n) is 6.79. The van der Waals surface area contributed by atoms with Crippen LogP contribution in [0.4, 0.5) is 5.69 Å². The van der Waals surface area contributed by atoms with E-state index in [2.05, 4.69) is 11.0 Å².